The summed E-state index contributed by atoms with van der Waals surface area (Å²) in [6, 6.07) is 17.0. The molecule has 1 unspecified atom stereocenters. The fraction of sp³-hybridized carbons (Fsp3) is 0.115. The van der Waals surface area contributed by atoms with Crippen molar-refractivity contribution >= 4 is 34.1 Å². The molecule has 0 N–H and O–H groups in total. The SMILES string of the molecule is Cn1cncc1C(F)(c1ccc(Cl)cc1)c1cc2c(-c3cccc(Cl)c3)cc(=O)n(C)c2cn1. The molecule has 0 spiro atoms. The van der Waals surface area contributed by atoms with Gasteiger partial charge < -0.3 is 9.13 Å². The number of hydrogen-bond acceptors (Lipinski definition) is 3. The predicted molar refractivity (Wildman–Crippen MR) is 133 cm³/mol. The Morgan fingerprint density at radius 3 is 2.38 bits per heavy atom. The van der Waals surface area contributed by atoms with E-state index in [0.717, 1.165) is 5.56 Å². The number of aryl methyl sites for hydroxylation is 2. The van der Waals surface area contributed by atoms with Crippen molar-refractivity contribution in [3.05, 3.63) is 117 Å². The van der Waals surface area contributed by atoms with Crippen LogP contribution < -0.4 is 5.56 Å². The number of pyridine rings is 2. The maximum absolute atomic E-state index is 17.3. The number of nitrogens with zero attached hydrogens (tertiary/aromatic N) is 4. The number of alkyl halides is 1. The Bertz CT molecular complexity index is 1590. The van der Waals surface area contributed by atoms with Gasteiger partial charge in [-0.05, 0) is 41.5 Å². The number of aromatic nitrogens is 4. The molecule has 34 heavy (non-hydrogen) atoms. The smallest absolute Gasteiger partial charge is 0.251 e. The lowest BCUT2D eigenvalue weighted by Gasteiger charge is -2.26. The maximum atomic E-state index is 17.3. The normalized spacial score (nSPS) is 13.2. The van der Waals surface area contributed by atoms with Gasteiger partial charge in [0.2, 0.25) is 5.67 Å². The summed E-state index contributed by atoms with van der Waals surface area (Å²) in [5.41, 5.74) is 0.494. The molecule has 0 aliphatic rings. The molecule has 1 atom stereocenters. The molecule has 0 aliphatic carbocycles. The van der Waals surface area contributed by atoms with E-state index in [4.69, 9.17) is 23.2 Å². The molecule has 5 nitrogen and oxygen atoms in total. The second kappa shape index (κ2) is 8.38. The van der Waals surface area contributed by atoms with E-state index in [-0.39, 0.29) is 11.3 Å². The van der Waals surface area contributed by atoms with Crippen molar-refractivity contribution < 1.29 is 4.39 Å². The summed E-state index contributed by atoms with van der Waals surface area (Å²) in [7, 11) is 3.39. The number of imidazole rings is 1. The minimum Gasteiger partial charge on any atom is -0.334 e. The van der Waals surface area contributed by atoms with Crippen LogP contribution >= 0.6 is 23.2 Å². The van der Waals surface area contributed by atoms with Crippen LogP contribution in [-0.4, -0.2) is 19.1 Å². The highest BCUT2D eigenvalue weighted by molar-refractivity contribution is 6.31. The van der Waals surface area contributed by atoms with Crippen molar-refractivity contribution in [2.45, 2.75) is 5.67 Å². The quantitative estimate of drug-likeness (QED) is 0.313. The van der Waals surface area contributed by atoms with Gasteiger partial charge in [-0.25, -0.2) is 9.37 Å². The van der Waals surface area contributed by atoms with Gasteiger partial charge >= 0.3 is 0 Å². The van der Waals surface area contributed by atoms with E-state index in [2.05, 4.69) is 9.97 Å². The molecular formula is C26H19Cl2FN4O. The van der Waals surface area contributed by atoms with Crippen LogP contribution in [-0.2, 0) is 19.8 Å². The van der Waals surface area contributed by atoms with E-state index in [1.54, 1.807) is 67.5 Å². The van der Waals surface area contributed by atoms with Gasteiger partial charge in [0, 0.05) is 41.2 Å². The second-order valence-corrected chi connectivity index (χ2v) is 8.98. The maximum Gasteiger partial charge on any atom is 0.251 e. The highest BCUT2D eigenvalue weighted by Gasteiger charge is 2.41. The minimum absolute atomic E-state index is 0.160. The summed E-state index contributed by atoms with van der Waals surface area (Å²) in [6.45, 7) is 0. The van der Waals surface area contributed by atoms with Crippen molar-refractivity contribution in [1.29, 1.82) is 0 Å². The Labute approximate surface area is 205 Å². The number of fused-ring (bicyclic) bond motifs is 1. The fourth-order valence-electron chi connectivity index (χ4n) is 4.23. The van der Waals surface area contributed by atoms with Gasteiger partial charge in [0.05, 0.1) is 35.6 Å². The molecule has 0 aliphatic heterocycles. The highest BCUT2D eigenvalue weighted by atomic mass is 35.5. The molecule has 0 radical (unpaired) electrons. The monoisotopic (exact) mass is 492 g/mol. The molecule has 0 fully saturated rings. The molecule has 170 valence electrons. The van der Waals surface area contributed by atoms with Gasteiger partial charge in [-0.15, -0.1) is 0 Å². The summed E-state index contributed by atoms with van der Waals surface area (Å²) < 4.78 is 20.4. The number of benzene rings is 2. The molecule has 2 aromatic carbocycles. The molecule has 0 saturated carbocycles. The summed E-state index contributed by atoms with van der Waals surface area (Å²) in [4.78, 5) is 21.3. The summed E-state index contributed by atoms with van der Waals surface area (Å²) >= 11 is 12.3. The molecule has 5 rings (SSSR count). The van der Waals surface area contributed by atoms with Crippen molar-refractivity contribution in [2.24, 2.45) is 14.1 Å². The molecule has 5 aromatic rings. The van der Waals surface area contributed by atoms with Gasteiger partial charge in [-0.3, -0.25) is 9.78 Å². The van der Waals surface area contributed by atoms with Crippen molar-refractivity contribution in [3.8, 4) is 11.1 Å². The Hall–Kier alpha value is -3.48. The first kappa shape index (κ1) is 22.3. The van der Waals surface area contributed by atoms with Crippen LogP contribution in [0, 0.1) is 0 Å². The lowest BCUT2D eigenvalue weighted by Crippen LogP contribution is -2.28. The van der Waals surface area contributed by atoms with Crippen molar-refractivity contribution in [3.63, 3.8) is 0 Å². The van der Waals surface area contributed by atoms with E-state index >= 15 is 4.39 Å². The van der Waals surface area contributed by atoms with Crippen LogP contribution in [0.15, 0.2) is 84.2 Å². The number of halogens is 3. The van der Waals surface area contributed by atoms with Gasteiger partial charge in [-0.1, -0.05) is 47.5 Å². The Balaban J connectivity index is 1.84. The third-order valence-electron chi connectivity index (χ3n) is 6.03. The van der Waals surface area contributed by atoms with Gasteiger partial charge in [-0.2, -0.15) is 0 Å². The van der Waals surface area contributed by atoms with E-state index in [0.29, 0.717) is 37.8 Å². The van der Waals surface area contributed by atoms with Crippen LogP contribution in [0.5, 0.6) is 0 Å². The summed E-state index contributed by atoms with van der Waals surface area (Å²) in [6.07, 6.45) is 4.56. The van der Waals surface area contributed by atoms with E-state index in [1.165, 1.54) is 23.0 Å². The third kappa shape index (κ3) is 3.59. The van der Waals surface area contributed by atoms with E-state index in [9.17, 15) is 4.79 Å². The highest BCUT2D eigenvalue weighted by Crippen LogP contribution is 2.41. The first-order valence-electron chi connectivity index (χ1n) is 10.5. The van der Waals surface area contributed by atoms with E-state index < -0.39 is 5.67 Å². The minimum atomic E-state index is -2.12. The zero-order chi connectivity index (χ0) is 24.0. The molecule has 0 saturated heterocycles. The van der Waals surface area contributed by atoms with Crippen LogP contribution in [0.1, 0.15) is 17.0 Å². The molecule has 8 heteroatoms. The summed E-state index contributed by atoms with van der Waals surface area (Å²) in [5, 5.41) is 1.71. The molecule has 0 amide bonds. The first-order valence-corrected chi connectivity index (χ1v) is 11.2. The number of rotatable bonds is 4. The Morgan fingerprint density at radius 1 is 0.941 bits per heavy atom. The topological polar surface area (TPSA) is 52.7 Å². The van der Waals surface area contributed by atoms with Crippen LogP contribution in [0.4, 0.5) is 4.39 Å². The third-order valence-corrected chi connectivity index (χ3v) is 6.52. The zero-order valence-electron chi connectivity index (χ0n) is 18.3. The number of hydrogen-bond donors (Lipinski definition) is 0. The standard InChI is InChI=1S/C26H19Cl2FN4O/c1-32-15-30-14-24(32)26(29,17-6-8-18(27)9-7-17)23-11-21-20(16-4-3-5-19(28)10-16)12-25(34)33(2)22(21)13-31-23/h3-15H,1-2H3. The van der Waals surface area contributed by atoms with Crippen molar-refractivity contribution in [1.82, 2.24) is 19.1 Å². The lowest BCUT2D eigenvalue weighted by molar-refractivity contribution is 0.260. The van der Waals surface area contributed by atoms with Gasteiger partial charge in [0.15, 0.2) is 0 Å². The van der Waals surface area contributed by atoms with Gasteiger partial charge in [0.25, 0.3) is 5.56 Å². The Kier molecular flexibility index (Phi) is 5.50. The summed E-state index contributed by atoms with van der Waals surface area (Å²) in [5.74, 6) is 0. The molecule has 0 bridgehead atoms. The fourth-order valence-corrected chi connectivity index (χ4v) is 4.54. The van der Waals surface area contributed by atoms with Crippen molar-refractivity contribution in [2.75, 3.05) is 0 Å². The van der Waals surface area contributed by atoms with Crippen LogP contribution in [0.2, 0.25) is 10.0 Å². The van der Waals surface area contributed by atoms with E-state index in [1.807, 2.05) is 12.1 Å². The predicted octanol–water partition coefficient (Wildman–Crippen LogP) is 5.90. The molecule has 3 aromatic heterocycles. The molecular weight excluding hydrogens is 474 g/mol. The first-order chi connectivity index (χ1) is 16.3. The molecule has 3 heterocycles. The van der Waals surface area contributed by atoms with Crippen LogP contribution in [0.3, 0.4) is 0 Å². The average molecular weight is 493 g/mol. The zero-order valence-corrected chi connectivity index (χ0v) is 19.8. The average Bonchev–Trinajstić information content (AvgIpc) is 3.27. The van der Waals surface area contributed by atoms with Crippen LogP contribution in [0.25, 0.3) is 22.0 Å². The Morgan fingerprint density at radius 2 is 1.71 bits per heavy atom. The largest absolute Gasteiger partial charge is 0.334 e. The second-order valence-electron chi connectivity index (χ2n) is 8.11. The lowest BCUT2D eigenvalue weighted by atomic mass is 9.87. The van der Waals surface area contributed by atoms with Gasteiger partial charge in [0.1, 0.15) is 0 Å².